The molecule has 1 atom stereocenters. The fourth-order valence-corrected chi connectivity index (χ4v) is 2.86. The molecule has 1 saturated heterocycles. The third-order valence-corrected chi connectivity index (χ3v) is 4.74. The van der Waals surface area contributed by atoms with Crippen LogP contribution in [0.1, 0.15) is 18.4 Å². The van der Waals surface area contributed by atoms with Crippen LogP contribution in [0.3, 0.4) is 0 Å². The Morgan fingerprint density at radius 1 is 1.42 bits per heavy atom. The van der Waals surface area contributed by atoms with Gasteiger partial charge in [-0.2, -0.15) is 0 Å². The van der Waals surface area contributed by atoms with Crippen LogP contribution in [-0.2, 0) is 14.8 Å². The molecular weight excluding hydrogens is 264 g/mol. The number of benzene rings is 1. The Hall–Kier alpha value is -1.11. The SMILES string of the molecule is CNS(=O)(=O)c1ccc(C)c(NCC2CCCO2)c1. The highest BCUT2D eigenvalue weighted by Crippen LogP contribution is 2.21. The van der Waals surface area contributed by atoms with Gasteiger partial charge < -0.3 is 10.1 Å². The van der Waals surface area contributed by atoms with E-state index in [2.05, 4.69) is 10.0 Å². The van der Waals surface area contributed by atoms with Gasteiger partial charge in [0.1, 0.15) is 0 Å². The predicted molar refractivity (Wildman–Crippen MR) is 74.9 cm³/mol. The van der Waals surface area contributed by atoms with E-state index in [1.54, 1.807) is 12.1 Å². The molecule has 1 heterocycles. The number of ether oxygens (including phenoxy) is 1. The first-order valence-electron chi connectivity index (χ1n) is 6.42. The molecule has 1 aliphatic heterocycles. The largest absolute Gasteiger partial charge is 0.382 e. The maximum atomic E-state index is 11.8. The molecule has 1 fully saturated rings. The molecule has 6 heteroatoms. The lowest BCUT2D eigenvalue weighted by Crippen LogP contribution is -2.20. The van der Waals surface area contributed by atoms with Gasteiger partial charge in [-0.3, -0.25) is 0 Å². The summed E-state index contributed by atoms with van der Waals surface area (Å²) in [5.74, 6) is 0. The Labute approximate surface area is 114 Å². The highest BCUT2D eigenvalue weighted by Gasteiger charge is 2.16. The standard InChI is InChI=1S/C13H20N2O3S/c1-10-5-6-12(19(16,17)14-2)8-13(10)15-9-11-4-3-7-18-11/h5-6,8,11,14-15H,3-4,7,9H2,1-2H3. The lowest BCUT2D eigenvalue weighted by Gasteiger charge is -2.15. The summed E-state index contributed by atoms with van der Waals surface area (Å²) in [4.78, 5) is 0.274. The molecule has 0 bridgehead atoms. The molecule has 1 unspecified atom stereocenters. The summed E-state index contributed by atoms with van der Waals surface area (Å²) in [6, 6.07) is 5.08. The van der Waals surface area contributed by atoms with Gasteiger partial charge in [-0.05, 0) is 44.5 Å². The molecule has 1 aliphatic rings. The van der Waals surface area contributed by atoms with Crippen molar-refractivity contribution in [3.8, 4) is 0 Å². The number of hydrogen-bond donors (Lipinski definition) is 2. The van der Waals surface area contributed by atoms with Gasteiger partial charge in [0.15, 0.2) is 0 Å². The quantitative estimate of drug-likeness (QED) is 0.860. The summed E-state index contributed by atoms with van der Waals surface area (Å²) in [5.41, 5.74) is 1.86. The van der Waals surface area contributed by atoms with E-state index in [9.17, 15) is 8.42 Å². The number of anilines is 1. The third-order valence-electron chi connectivity index (χ3n) is 3.33. The van der Waals surface area contributed by atoms with Gasteiger partial charge in [0.05, 0.1) is 11.0 Å². The van der Waals surface area contributed by atoms with Crippen molar-refractivity contribution in [1.82, 2.24) is 4.72 Å². The molecule has 19 heavy (non-hydrogen) atoms. The molecule has 0 radical (unpaired) electrons. The van der Waals surface area contributed by atoms with Crippen LogP contribution < -0.4 is 10.0 Å². The zero-order valence-electron chi connectivity index (χ0n) is 11.3. The number of rotatable bonds is 5. The van der Waals surface area contributed by atoms with Gasteiger partial charge in [0, 0.05) is 18.8 Å². The molecular formula is C13H20N2O3S. The summed E-state index contributed by atoms with van der Waals surface area (Å²) < 4.78 is 31.4. The predicted octanol–water partition coefficient (Wildman–Crippen LogP) is 1.49. The Bertz CT molecular complexity index is 537. The second-order valence-electron chi connectivity index (χ2n) is 4.70. The Balaban J connectivity index is 2.13. The van der Waals surface area contributed by atoms with Gasteiger partial charge in [-0.15, -0.1) is 0 Å². The van der Waals surface area contributed by atoms with Gasteiger partial charge in [-0.25, -0.2) is 13.1 Å². The monoisotopic (exact) mass is 284 g/mol. The average molecular weight is 284 g/mol. The highest BCUT2D eigenvalue weighted by molar-refractivity contribution is 7.89. The summed E-state index contributed by atoms with van der Waals surface area (Å²) >= 11 is 0. The van der Waals surface area contributed by atoms with Crippen molar-refractivity contribution in [3.05, 3.63) is 23.8 Å². The molecule has 1 aromatic rings. The van der Waals surface area contributed by atoms with Crippen LogP contribution in [0.2, 0.25) is 0 Å². The number of nitrogens with one attached hydrogen (secondary N) is 2. The van der Waals surface area contributed by atoms with Crippen molar-refractivity contribution in [2.45, 2.75) is 30.8 Å². The highest BCUT2D eigenvalue weighted by atomic mass is 32.2. The Morgan fingerprint density at radius 2 is 2.21 bits per heavy atom. The number of hydrogen-bond acceptors (Lipinski definition) is 4. The molecule has 0 amide bonds. The summed E-state index contributed by atoms with van der Waals surface area (Å²) in [6.45, 7) is 3.48. The van der Waals surface area contributed by atoms with Crippen molar-refractivity contribution >= 4 is 15.7 Å². The Morgan fingerprint density at radius 3 is 2.84 bits per heavy atom. The molecule has 1 aromatic carbocycles. The van der Waals surface area contributed by atoms with E-state index >= 15 is 0 Å². The van der Waals surface area contributed by atoms with E-state index in [0.717, 1.165) is 30.7 Å². The van der Waals surface area contributed by atoms with E-state index in [1.165, 1.54) is 7.05 Å². The molecule has 0 saturated carbocycles. The molecule has 0 spiro atoms. The van der Waals surface area contributed by atoms with Crippen molar-refractivity contribution in [3.63, 3.8) is 0 Å². The molecule has 5 nitrogen and oxygen atoms in total. The maximum Gasteiger partial charge on any atom is 0.240 e. The third kappa shape index (κ3) is 3.46. The Kier molecular flexibility index (Phi) is 4.44. The minimum atomic E-state index is -3.40. The van der Waals surface area contributed by atoms with E-state index in [-0.39, 0.29) is 11.0 Å². The van der Waals surface area contributed by atoms with E-state index in [0.29, 0.717) is 6.54 Å². The number of sulfonamides is 1. The normalized spacial score (nSPS) is 19.6. The van der Waals surface area contributed by atoms with Crippen LogP contribution in [0.25, 0.3) is 0 Å². The van der Waals surface area contributed by atoms with Crippen molar-refractivity contribution < 1.29 is 13.2 Å². The average Bonchev–Trinajstić information content (AvgIpc) is 2.90. The lowest BCUT2D eigenvalue weighted by molar-refractivity contribution is 0.120. The van der Waals surface area contributed by atoms with Crippen molar-refractivity contribution in [2.75, 3.05) is 25.5 Å². The lowest BCUT2D eigenvalue weighted by atomic mass is 10.2. The second kappa shape index (κ2) is 5.90. The summed E-state index contributed by atoms with van der Waals surface area (Å²) in [7, 11) is -1.98. The smallest absolute Gasteiger partial charge is 0.240 e. The van der Waals surface area contributed by atoms with Gasteiger partial charge in [0.2, 0.25) is 10.0 Å². The van der Waals surface area contributed by atoms with Crippen molar-refractivity contribution in [1.29, 1.82) is 0 Å². The van der Waals surface area contributed by atoms with Crippen LogP contribution in [0.15, 0.2) is 23.1 Å². The first-order chi connectivity index (χ1) is 9.03. The van der Waals surface area contributed by atoms with Crippen LogP contribution in [0.4, 0.5) is 5.69 Å². The van der Waals surface area contributed by atoms with E-state index in [4.69, 9.17) is 4.74 Å². The minimum Gasteiger partial charge on any atom is -0.382 e. The zero-order chi connectivity index (χ0) is 13.9. The zero-order valence-corrected chi connectivity index (χ0v) is 12.1. The first kappa shape index (κ1) is 14.3. The van der Waals surface area contributed by atoms with E-state index in [1.807, 2.05) is 13.0 Å². The fourth-order valence-electron chi connectivity index (χ4n) is 2.11. The molecule has 0 aromatic heterocycles. The van der Waals surface area contributed by atoms with Crippen LogP contribution in [0, 0.1) is 6.92 Å². The molecule has 0 aliphatic carbocycles. The van der Waals surface area contributed by atoms with E-state index < -0.39 is 10.0 Å². The van der Waals surface area contributed by atoms with Crippen LogP contribution in [0.5, 0.6) is 0 Å². The van der Waals surface area contributed by atoms with Gasteiger partial charge in [-0.1, -0.05) is 6.07 Å². The number of aryl methyl sites for hydroxylation is 1. The molecule has 2 N–H and O–H groups in total. The fraction of sp³-hybridized carbons (Fsp3) is 0.538. The first-order valence-corrected chi connectivity index (χ1v) is 7.91. The van der Waals surface area contributed by atoms with Crippen molar-refractivity contribution in [2.24, 2.45) is 0 Å². The summed E-state index contributed by atoms with van der Waals surface area (Å²) in [5, 5.41) is 3.27. The van der Waals surface area contributed by atoms with Gasteiger partial charge >= 0.3 is 0 Å². The molecule has 2 rings (SSSR count). The minimum absolute atomic E-state index is 0.226. The molecule has 106 valence electrons. The summed E-state index contributed by atoms with van der Waals surface area (Å²) in [6.07, 6.45) is 2.38. The maximum absolute atomic E-state index is 11.8. The second-order valence-corrected chi connectivity index (χ2v) is 6.59. The van der Waals surface area contributed by atoms with Crippen LogP contribution in [-0.4, -0.2) is 34.7 Å². The van der Waals surface area contributed by atoms with Gasteiger partial charge in [0.25, 0.3) is 0 Å². The van der Waals surface area contributed by atoms with Crippen LogP contribution >= 0.6 is 0 Å². The topological polar surface area (TPSA) is 67.4 Å².